The molecule has 0 atom stereocenters. The number of nitrogens with zero attached hydrogens (tertiary/aromatic N) is 1. The highest BCUT2D eigenvalue weighted by atomic mass is 35.5. The number of alkyl halides is 6. The number of pyridine rings is 1. The van der Waals surface area contributed by atoms with E-state index in [1.807, 2.05) is 0 Å². The van der Waals surface area contributed by atoms with E-state index in [4.69, 9.17) is 11.6 Å². The van der Waals surface area contributed by atoms with Crippen LogP contribution in [0.3, 0.4) is 0 Å². The van der Waals surface area contributed by atoms with Crippen LogP contribution in [0.4, 0.5) is 26.3 Å². The molecule has 22 heavy (non-hydrogen) atoms. The number of hydrogen-bond donors (Lipinski definition) is 0. The van der Waals surface area contributed by atoms with Crippen molar-refractivity contribution < 1.29 is 31.1 Å². The molecule has 1 heterocycles. The molecule has 0 aliphatic carbocycles. The van der Waals surface area contributed by atoms with E-state index < -0.39 is 29.5 Å². The maximum atomic E-state index is 12.9. The zero-order valence-electron chi connectivity index (χ0n) is 10.5. The molecule has 2 rings (SSSR count). The van der Waals surface area contributed by atoms with Crippen molar-refractivity contribution in [1.29, 1.82) is 0 Å². The minimum atomic E-state index is -4.88. The highest BCUT2D eigenvalue weighted by Gasteiger charge is 2.36. The first kappa shape index (κ1) is 16.4. The van der Waals surface area contributed by atoms with Crippen molar-refractivity contribution in [3.05, 3.63) is 47.2 Å². The van der Waals surface area contributed by atoms with Crippen LogP contribution in [-0.2, 0) is 6.18 Å². The Balaban J connectivity index is 2.45. The van der Waals surface area contributed by atoms with Crippen LogP contribution < -0.4 is 4.74 Å². The fourth-order valence-corrected chi connectivity index (χ4v) is 2.01. The van der Waals surface area contributed by atoms with Crippen LogP contribution in [0.1, 0.15) is 5.69 Å². The summed E-state index contributed by atoms with van der Waals surface area (Å²) < 4.78 is 78.6. The number of halogens is 7. The van der Waals surface area contributed by atoms with Crippen molar-refractivity contribution in [1.82, 2.24) is 4.98 Å². The molecule has 0 bridgehead atoms. The largest absolute Gasteiger partial charge is 0.573 e. The third kappa shape index (κ3) is 3.82. The van der Waals surface area contributed by atoms with Crippen molar-refractivity contribution >= 4 is 11.6 Å². The van der Waals surface area contributed by atoms with Gasteiger partial charge in [-0.2, -0.15) is 13.2 Å². The molecule has 0 radical (unpaired) electrons. The van der Waals surface area contributed by atoms with E-state index in [1.54, 1.807) is 0 Å². The Morgan fingerprint density at radius 1 is 0.909 bits per heavy atom. The van der Waals surface area contributed by atoms with Crippen molar-refractivity contribution in [2.75, 3.05) is 0 Å². The molecule has 1 aromatic heterocycles. The summed E-state index contributed by atoms with van der Waals surface area (Å²) in [5.74, 6) is -0.551. The van der Waals surface area contributed by atoms with Gasteiger partial charge in [0.05, 0.1) is 5.02 Å². The Morgan fingerprint density at radius 3 is 2.00 bits per heavy atom. The summed E-state index contributed by atoms with van der Waals surface area (Å²) >= 11 is 5.76. The summed E-state index contributed by atoms with van der Waals surface area (Å²) in [5, 5.41) is -0.216. The quantitative estimate of drug-likeness (QED) is 0.690. The minimum Gasteiger partial charge on any atom is -0.406 e. The van der Waals surface area contributed by atoms with Gasteiger partial charge in [-0.05, 0) is 23.8 Å². The Labute approximate surface area is 125 Å². The highest BCUT2D eigenvalue weighted by molar-refractivity contribution is 6.33. The Morgan fingerprint density at radius 2 is 1.50 bits per heavy atom. The lowest BCUT2D eigenvalue weighted by Crippen LogP contribution is -2.17. The fraction of sp³-hybridized carbons (Fsp3) is 0.154. The molecule has 0 unspecified atom stereocenters. The van der Waals surface area contributed by atoms with E-state index in [2.05, 4.69) is 9.72 Å². The zero-order valence-corrected chi connectivity index (χ0v) is 11.2. The van der Waals surface area contributed by atoms with Crippen LogP contribution in [-0.4, -0.2) is 11.3 Å². The average molecular weight is 342 g/mol. The second kappa shape index (κ2) is 5.68. The summed E-state index contributed by atoms with van der Waals surface area (Å²) in [6.45, 7) is 0. The summed E-state index contributed by atoms with van der Waals surface area (Å²) in [7, 11) is 0. The molecule has 118 valence electrons. The predicted molar refractivity (Wildman–Crippen MR) is 66.4 cm³/mol. The van der Waals surface area contributed by atoms with E-state index in [0.717, 1.165) is 36.5 Å². The van der Waals surface area contributed by atoms with Crippen LogP contribution in [0.25, 0.3) is 11.1 Å². The first-order valence-corrected chi connectivity index (χ1v) is 6.03. The SMILES string of the molecule is FC(F)(F)Oc1ccc(-c2c(Cl)ccnc2C(F)(F)F)cc1. The maximum absolute atomic E-state index is 12.9. The first-order chi connectivity index (χ1) is 10.1. The second-order valence-corrected chi connectivity index (χ2v) is 4.49. The Bertz CT molecular complexity index is 666. The minimum absolute atomic E-state index is 0.0278. The van der Waals surface area contributed by atoms with Crippen LogP contribution in [0.2, 0.25) is 5.02 Å². The molecule has 0 spiro atoms. The average Bonchev–Trinajstić information content (AvgIpc) is 2.37. The Kier molecular flexibility index (Phi) is 4.23. The van der Waals surface area contributed by atoms with Gasteiger partial charge in [0.2, 0.25) is 0 Å². The second-order valence-electron chi connectivity index (χ2n) is 4.09. The van der Waals surface area contributed by atoms with Crippen molar-refractivity contribution in [3.63, 3.8) is 0 Å². The summed E-state index contributed by atoms with van der Waals surface area (Å²) in [6.07, 6.45) is -8.73. The first-order valence-electron chi connectivity index (χ1n) is 5.66. The van der Waals surface area contributed by atoms with Crippen molar-refractivity contribution in [2.24, 2.45) is 0 Å². The third-order valence-electron chi connectivity index (χ3n) is 2.55. The van der Waals surface area contributed by atoms with Crippen LogP contribution in [0, 0.1) is 0 Å². The van der Waals surface area contributed by atoms with Crippen LogP contribution >= 0.6 is 11.6 Å². The molecule has 2 aromatic rings. The van der Waals surface area contributed by atoms with E-state index in [0.29, 0.717) is 0 Å². The van der Waals surface area contributed by atoms with Gasteiger partial charge in [0, 0.05) is 11.8 Å². The number of hydrogen-bond acceptors (Lipinski definition) is 2. The van der Waals surface area contributed by atoms with E-state index >= 15 is 0 Å². The van der Waals surface area contributed by atoms with Crippen LogP contribution in [0.15, 0.2) is 36.5 Å². The lowest BCUT2D eigenvalue weighted by molar-refractivity contribution is -0.274. The topological polar surface area (TPSA) is 22.1 Å². The van der Waals surface area contributed by atoms with Crippen molar-refractivity contribution in [3.8, 4) is 16.9 Å². The molecular formula is C13H6ClF6NO. The number of benzene rings is 1. The standard InChI is InChI=1S/C13H6ClF6NO/c14-9-5-6-21-11(12(15,16)17)10(9)7-1-3-8(4-2-7)22-13(18,19)20/h1-6H. The fourth-order valence-electron chi connectivity index (χ4n) is 1.75. The number of rotatable bonds is 2. The van der Waals surface area contributed by atoms with Gasteiger partial charge >= 0.3 is 12.5 Å². The van der Waals surface area contributed by atoms with Gasteiger partial charge in [-0.25, -0.2) is 0 Å². The zero-order chi connectivity index (χ0) is 16.5. The van der Waals surface area contributed by atoms with Gasteiger partial charge in [0.1, 0.15) is 5.75 Å². The summed E-state index contributed by atoms with van der Waals surface area (Å²) in [6, 6.07) is 5.03. The molecule has 0 saturated heterocycles. The van der Waals surface area contributed by atoms with Gasteiger partial charge in [-0.15, -0.1) is 13.2 Å². The van der Waals surface area contributed by atoms with Gasteiger partial charge in [0.25, 0.3) is 0 Å². The molecule has 1 aromatic carbocycles. The summed E-state index contributed by atoms with van der Waals surface area (Å²) in [5.41, 5.74) is -1.65. The van der Waals surface area contributed by atoms with Crippen molar-refractivity contribution in [2.45, 2.75) is 12.5 Å². The van der Waals surface area contributed by atoms with Gasteiger partial charge in [-0.3, -0.25) is 4.98 Å². The maximum Gasteiger partial charge on any atom is 0.573 e. The van der Waals surface area contributed by atoms with Gasteiger partial charge < -0.3 is 4.74 Å². The highest BCUT2D eigenvalue weighted by Crippen LogP contribution is 2.39. The Hall–Kier alpha value is -1.96. The molecule has 9 heteroatoms. The lowest BCUT2D eigenvalue weighted by atomic mass is 10.0. The molecule has 0 fully saturated rings. The normalized spacial score (nSPS) is 12.3. The van der Waals surface area contributed by atoms with Crippen LogP contribution in [0.5, 0.6) is 5.75 Å². The van der Waals surface area contributed by atoms with Gasteiger partial charge in [-0.1, -0.05) is 23.7 Å². The van der Waals surface area contributed by atoms with E-state index in [1.165, 1.54) is 0 Å². The number of aromatic nitrogens is 1. The molecular weight excluding hydrogens is 336 g/mol. The third-order valence-corrected chi connectivity index (χ3v) is 2.86. The molecule has 0 amide bonds. The van der Waals surface area contributed by atoms with E-state index in [9.17, 15) is 26.3 Å². The molecule has 0 aliphatic heterocycles. The molecule has 2 nitrogen and oxygen atoms in total. The number of ether oxygens (including phenoxy) is 1. The summed E-state index contributed by atoms with van der Waals surface area (Å²) in [4.78, 5) is 3.25. The molecule has 0 saturated carbocycles. The van der Waals surface area contributed by atoms with Gasteiger partial charge in [0.15, 0.2) is 5.69 Å². The molecule has 0 N–H and O–H groups in total. The monoisotopic (exact) mass is 341 g/mol. The smallest absolute Gasteiger partial charge is 0.406 e. The lowest BCUT2D eigenvalue weighted by Gasteiger charge is -2.14. The predicted octanol–water partition coefficient (Wildman–Crippen LogP) is 5.32. The van der Waals surface area contributed by atoms with E-state index in [-0.39, 0.29) is 10.6 Å². The molecule has 0 aliphatic rings.